The second kappa shape index (κ2) is 6.42. The van der Waals surface area contributed by atoms with Gasteiger partial charge in [0.2, 0.25) is 0 Å². The quantitative estimate of drug-likeness (QED) is 0.836. The number of halogens is 2. The van der Waals surface area contributed by atoms with Gasteiger partial charge < -0.3 is 5.73 Å². The van der Waals surface area contributed by atoms with Gasteiger partial charge in [-0.3, -0.25) is 0 Å². The molecule has 0 aliphatic heterocycles. The van der Waals surface area contributed by atoms with Crippen LogP contribution < -0.4 is 5.73 Å². The summed E-state index contributed by atoms with van der Waals surface area (Å²) in [5.74, 6) is 0.286. The van der Waals surface area contributed by atoms with Gasteiger partial charge in [-0.1, -0.05) is 35.9 Å². The van der Waals surface area contributed by atoms with Crippen molar-refractivity contribution < 1.29 is 4.39 Å². The number of hydrogen-bond donors (Lipinski definition) is 1. The van der Waals surface area contributed by atoms with Gasteiger partial charge in [0.25, 0.3) is 0 Å². The molecule has 19 heavy (non-hydrogen) atoms. The molecule has 1 unspecified atom stereocenters. The lowest BCUT2D eigenvalue weighted by atomic mass is 10.1. The summed E-state index contributed by atoms with van der Waals surface area (Å²) in [5, 5.41) is 0.389. The molecular weight excluding hydrogens is 281 g/mol. The SMILES string of the molecule is Cc1ccccc1SCC(N)c1ccc(Cl)cc1F. The van der Waals surface area contributed by atoms with Gasteiger partial charge in [-0.15, -0.1) is 11.8 Å². The van der Waals surface area contributed by atoms with E-state index in [1.165, 1.54) is 16.5 Å². The van der Waals surface area contributed by atoms with E-state index in [0.29, 0.717) is 16.3 Å². The van der Waals surface area contributed by atoms with Crippen LogP contribution >= 0.6 is 23.4 Å². The van der Waals surface area contributed by atoms with Crippen LogP contribution in [-0.4, -0.2) is 5.75 Å². The highest BCUT2D eigenvalue weighted by Gasteiger charge is 2.12. The van der Waals surface area contributed by atoms with Crippen LogP contribution in [0.5, 0.6) is 0 Å². The second-order valence-electron chi connectivity index (χ2n) is 4.35. The lowest BCUT2D eigenvalue weighted by Crippen LogP contribution is -2.14. The first kappa shape index (κ1) is 14.4. The van der Waals surface area contributed by atoms with Crippen molar-refractivity contribution in [3.63, 3.8) is 0 Å². The first-order chi connectivity index (χ1) is 9.08. The van der Waals surface area contributed by atoms with E-state index in [9.17, 15) is 4.39 Å². The average molecular weight is 296 g/mol. The van der Waals surface area contributed by atoms with Crippen molar-refractivity contribution in [3.05, 3.63) is 64.4 Å². The van der Waals surface area contributed by atoms with E-state index < -0.39 is 0 Å². The monoisotopic (exact) mass is 295 g/mol. The number of benzene rings is 2. The highest BCUT2D eigenvalue weighted by atomic mass is 35.5. The molecule has 1 nitrogen and oxygen atoms in total. The third kappa shape index (κ3) is 3.72. The topological polar surface area (TPSA) is 26.0 Å². The number of rotatable bonds is 4. The predicted molar refractivity (Wildman–Crippen MR) is 80.2 cm³/mol. The maximum atomic E-state index is 13.7. The van der Waals surface area contributed by atoms with Crippen LogP contribution in [0.15, 0.2) is 47.4 Å². The molecule has 100 valence electrons. The fourth-order valence-corrected chi connectivity index (χ4v) is 2.96. The number of thioether (sulfide) groups is 1. The summed E-state index contributed by atoms with van der Waals surface area (Å²) < 4.78 is 13.7. The van der Waals surface area contributed by atoms with Crippen molar-refractivity contribution in [2.24, 2.45) is 5.73 Å². The van der Waals surface area contributed by atoms with Gasteiger partial charge >= 0.3 is 0 Å². The second-order valence-corrected chi connectivity index (χ2v) is 5.85. The van der Waals surface area contributed by atoms with E-state index in [2.05, 4.69) is 13.0 Å². The molecule has 0 saturated heterocycles. The van der Waals surface area contributed by atoms with E-state index in [0.717, 1.165) is 0 Å². The molecule has 1 atom stereocenters. The molecule has 0 aromatic heterocycles. The highest BCUT2D eigenvalue weighted by molar-refractivity contribution is 7.99. The summed E-state index contributed by atoms with van der Waals surface area (Å²) >= 11 is 7.37. The number of nitrogens with two attached hydrogens (primary N) is 1. The van der Waals surface area contributed by atoms with Gasteiger partial charge in [-0.2, -0.15) is 0 Å². The Bertz CT molecular complexity index is 574. The Morgan fingerprint density at radius 3 is 2.68 bits per heavy atom. The van der Waals surface area contributed by atoms with Gasteiger partial charge in [0.1, 0.15) is 5.82 Å². The molecule has 0 aliphatic rings. The summed E-state index contributed by atoms with van der Waals surface area (Å²) in [7, 11) is 0. The van der Waals surface area contributed by atoms with Crippen molar-refractivity contribution in [2.75, 3.05) is 5.75 Å². The van der Waals surface area contributed by atoms with Crippen molar-refractivity contribution in [3.8, 4) is 0 Å². The molecule has 4 heteroatoms. The molecule has 2 aromatic rings. The first-order valence-corrected chi connectivity index (χ1v) is 7.33. The lowest BCUT2D eigenvalue weighted by Gasteiger charge is -2.13. The Labute approximate surface area is 122 Å². The lowest BCUT2D eigenvalue weighted by molar-refractivity contribution is 0.595. The molecule has 2 rings (SSSR count). The normalized spacial score (nSPS) is 12.4. The van der Waals surface area contributed by atoms with Crippen molar-refractivity contribution in [1.82, 2.24) is 0 Å². The van der Waals surface area contributed by atoms with Crippen LogP contribution in [0.2, 0.25) is 5.02 Å². The molecule has 0 spiro atoms. The molecule has 0 amide bonds. The zero-order chi connectivity index (χ0) is 13.8. The molecule has 2 N–H and O–H groups in total. The van der Waals surface area contributed by atoms with Gasteiger partial charge in [0, 0.05) is 27.3 Å². The number of hydrogen-bond acceptors (Lipinski definition) is 2. The summed E-state index contributed by atoms with van der Waals surface area (Å²) in [6, 6.07) is 12.4. The first-order valence-electron chi connectivity index (χ1n) is 5.97. The zero-order valence-corrected chi connectivity index (χ0v) is 12.1. The van der Waals surface area contributed by atoms with Crippen molar-refractivity contribution in [1.29, 1.82) is 0 Å². The Kier molecular flexibility index (Phi) is 4.86. The summed E-state index contributed by atoms with van der Waals surface area (Å²) in [6.07, 6.45) is 0. The Morgan fingerprint density at radius 1 is 1.26 bits per heavy atom. The summed E-state index contributed by atoms with van der Waals surface area (Å²) in [6.45, 7) is 2.05. The van der Waals surface area contributed by atoms with Gasteiger partial charge in [0.15, 0.2) is 0 Å². The third-order valence-corrected chi connectivity index (χ3v) is 4.40. The van der Waals surface area contributed by atoms with E-state index in [-0.39, 0.29) is 11.9 Å². The van der Waals surface area contributed by atoms with E-state index in [1.807, 2.05) is 18.2 Å². The van der Waals surface area contributed by atoms with E-state index in [4.69, 9.17) is 17.3 Å². The Balaban J connectivity index is 2.05. The largest absolute Gasteiger partial charge is 0.323 e. The molecule has 0 radical (unpaired) electrons. The van der Waals surface area contributed by atoms with Crippen LogP contribution in [0.3, 0.4) is 0 Å². The average Bonchev–Trinajstić information content (AvgIpc) is 2.37. The van der Waals surface area contributed by atoms with Crippen LogP contribution in [0, 0.1) is 12.7 Å². The van der Waals surface area contributed by atoms with Gasteiger partial charge in [0.05, 0.1) is 0 Å². The molecule has 0 bridgehead atoms. The third-order valence-electron chi connectivity index (χ3n) is 2.87. The fraction of sp³-hybridized carbons (Fsp3) is 0.200. The zero-order valence-electron chi connectivity index (χ0n) is 10.6. The molecule has 0 saturated carbocycles. The summed E-state index contributed by atoms with van der Waals surface area (Å²) in [5.41, 5.74) is 7.75. The predicted octanol–water partition coefficient (Wildman–Crippen LogP) is 4.58. The fourth-order valence-electron chi connectivity index (χ4n) is 1.79. The van der Waals surface area contributed by atoms with Crippen LogP contribution in [0.4, 0.5) is 4.39 Å². The minimum absolute atomic E-state index is 0.342. The van der Waals surface area contributed by atoms with Crippen LogP contribution in [0.1, 0.15) is 17.2 Å². The Morgan fingerprint density at radius 2 is 2.00 bits per heavy atom. The summed E-state index contributed by atoms with van der Waals surface area (Å²) in [4.78, 5) is 1.17. The molecule has 0 heterocycles. The smallest absolute Gasteiger partial charge is 0.129 e. The maximum Gasteiger partial charge on any atom is 0.129 e. The van der Waals surface area contributed by atoms with Crippen LogP contribution in [-0.2, 0) is 0 Å². The molecular formula is C15H15ClFNS. The Hall–Kier alpha value is -1.03. The van der Waals surface area contributed by atoms with Gasteiger partial charge in [-0.25, -0.2) is 4.39 Å². The van der Waals surface area contributed by atoms with Crippen molar-refractivity contribution >= 4 is 23.4 Å². The highest BCUT2D eigenvalue weighted by Crippen LogP contribution is 2.27. The van der Waals surface area contributed by atoms with Crippen LogP contribution in [0.25, 0.3) is 0 Å². The number of aryl methyl sites for hydroxylation is 1. The maximum absolute atomic E-state index is 13.7. The standard InChI is InChI=1S/C15H15ClFNS/c1-10-4-2-3-5-15(10)19-9-14(18)12-7-6-11(16)8-13(12)17/h2-8,14H,9,18H2,1H3. The van der Waals surface area contributed by atoms with Gasteiger partial charge in [-0.05, 0) is 30.7 Å². The minimum atomic E-state index is -0.345. The molecule has 0 fully saturated rings. The van der Waals surface area contributed by atoms with E-state index >= 15 is 0 Å². The van der Waals surface area contributed by atoms with Crippen molar-refractivity contribution in [2.45, 2.75) is 17.9 Å². The minimum Gasteiger partial charge on any atom is -0.323 e. The van der Waals surface area contributed by atoms with E-state index in [1.54, 1.807) is 23.9 Å². The molecule has 2 aromatic carbocycles. The molecule has 0 aliphatic carbocycles.